The van der Waals surface area contributed by atoms with Crippen LogP contribution in [-0.2, 0) is 14.3 Å². The van der Waals surface area contributed by atoms with Crippen LogP contribution < -0.4 is 11.1 Å². The molecule has 1 rings (SSSR count). The second-order valence-corrected chi connectivity index (χ2v) is 5.02. The van der Waals surface area contributed by atoms with E-state index < -0.39 is 23.9 Å². The monoisotopic (exact) mass is 291 g/mol. The number of hydrogen-bond acceptors (Lipinski definition) is 5. The van der Waals surface area contributed by atoms with Gasteiger partial charge < -0.3 is 25.8 Å². The maximum Gasteiger partial charge on any atom is 0.327 e. The van der Waals surface area contributed by atoms with Crippen LogP contribution in [0.3, 0.4) is 0 Å². The van der Waals surface area contributed by atoms with Crippen molar-refractivity contribution in [1.82, 2.24) is 10.2 Å². The van der Waals surface area contributed by atoms with Gasteiger partial charge in [0.05, 0.1) is 6.61 Å². The molecule has 9 heteroatoms. The number of nitrogens with zero attached hydrogens (tertiary/aromatic N) is 1. The number of amides is 3. The van der Waals surface area contributed by atoms with E-state index in [1.165, 1.54) is 16.7 Å². The summed E-state index contributed by atoms with van der Waals surface area (Å²) in [6.45, 7) is 0.542. The van der Waals surface area contributed by atoms with E-state index in [4.69, 9.17) is 15.6 Å². The maximum absolute atomic E-state index is 11.8. The minimum Gasteiger partial charge on any atom is -0.480 e. The van der Waals surface area contributed by atoms with Gasteiger partial charge in [-0.2, -0.15) is 11.8 Å². The highest BCUT2D eigenvalue weighted by Crippen LogP contribution is 2.16. The molecule has 0 spiro atoms. The quantitative estimate of drug-likeness (QED) is 0.523. The van der Waals surface area contributed by atoms with E-state index in [0.717, 1.165) is 5.75 Å². The molecule has 1 fully saturated rings. The molecule has 1 atom stereocenters. The molecule has 0 aromatic rings. The number of urea groups is 1. The molecule has 1 heterocycles. The van der Waals surface area contributed by atoms with Crippen molar-refractivity contribution in [2.45, 2.75) is 6.04 Å². The molecular weight excluding hydrogens is 274 g/mol. The predicted octanol–water partition coefficient (Wildman–Crippen LogP) is -1.30. The van der Waals surface area contributed by atoms with Gasteiger partial charge in [0.25, 0.3) is 0 Å². The van der Waals surface area contributed by atoms with Gasteiger partial charge >= 0.3 is 12.0 Å². The zero-order valence-corrected chi connectivity index (χ0v) is 11.1. The normalized spacial score (nSPS) is 18.9. The second kappa shape index (κ2) is 7.85. The highest BCUT2D eigenvalue weighted by atomic mass is 32.2. The second-order valence-electron chi connectivity index (χ2n) is 3.87. The van der Waals surface area contributed by atoms with Gasteiger partial charge in [-0.05, 0) is 0 Å². The first-order valence-corrected chi connectivity index (χ1v) is 6.89. The third-order valence-corrected chi connectivity index (χ3v) is 3.46. The smallest absolute Gasteiger partial charge is 0.327 e. The fourth-order valence-electron chi connectivity index (χ4n) is 1.56. The lowest BCUT2D eigenvalue weighted by Crippen LogP contribution is -2.54. The highest BCUT2D eigenvalue weighted by Gasteiger charge is 2.32. The molecule has 0 aromatic heterocycles. The Balaban J connectivity index is 2.30. The predicted molar refractivity (Wildman–Crippen MR) is 68.9 cm³/mol. The molecule has 0 bridgehead atoms. The molecule has 0 aromatic carbocycles. The summed E-state index contributed by atoms with van der Waals surface area (Å²) < 4.78 is 4.88. The zero-order chi connectivity index (χ0) is 14.3. The summed E-state index contributed by atoms with van der Waals surface area (Å²) in [6, 6.07) is -1.24. The van der Waals surface area contributed by atoms with Crippen molar-refractivity contribution < 1.29 is 24.2 Å². The molecule has 1 aliphatic rings. The molecule has 1 aliphatic heterocycles. The van der Waals surface area contributed by atoms with Crippen molar-refractivity contribution in [3.8, 4) is 0 Å². The topological polar surface area (TPSA) is 122 Å². The lowest BCUT2D eigenvalue weighted by Gasteiger charge is -2.32. The van der Waals surface area contributed by atoms with Gasteiger partial charge in [-0.1, -0.05) is 0 Å². The largest absolute Gasteiger partial charge is 0.480 e. The van der Waals surface area contributed by atoms with E-state index in [2.05, 4.69) is 5.32 Å². The van der Waals surface area contributed by atoms with E-state index in [-0.39, 0.29) is 19.8 Å². The van der Waals surface area contributed by atoms with E-state index in [1.54, 1.807) is 0 Å². The van der Waals surface area contributed by atoms with Gasteiger partial charge in [0.15, 0.2) is 0 Å². The number of nitrogens with two attached hydrogens (primary N) is 1. The lowest BCUT2D eigenvalue weighted by molar-refractivity contribution is -0.141. The average molecular weight is 291 g/mol. The van der Waals surface area contributed by atoms with E-state index in [1.807, 2.05) is 0 Å². The van der Waals surface area contributed by atoms with Crippen LogP contribution in [0.4, 0.5) is 4.79 Å². The van der Waals surface area contributed by atoms with Crippen LogP contribution >= 0.6 is 11.8 Å². The number of carbonyl (C=O) groups excluding carboxylic acids is 2. The molecule has 0 saturated carbocycles. The Hall–Kier alpha value is -1.48. The number of hydrogen-bond donors (Lipinski definition) is 3. The van der Waals surface area contributed by atoms with Crippen LogP contribution in [0.1, 0.15) is 0 Å². The number of primary amides is 1. The molecule has 1 unspecified atom stereocenters. The van der Waals surface area contributed by atoms with Crippen LogP contribution in [-0.4, -0.2) is 71.8 Å². The molecule has 0 aliphatic carbocycles. The Morgan fingerprint density at radius 2 is 2.21 bits per heavy atom. The fraction of sp³-hybridized carbons (Fsp3) is 0.700. The molecular formula is C10H17N3O5S. The summed E-state index contributed by atoms with van der Waals surface area (Å²) in [5.41, 5.74) is 4.88. The Kier molecular flexibility index (Phi) is 6.43. The molecule has 1 saturated heterocycles. The molecule has 0 radical (unpaired) electrons. The van der Waals surface area contributed by atoms with Crippen LogP contribution in [0.25, 0.3) is 0 Å². The van der Waals surface area contributed by atoms with E-state index >= 15 is 0 Å². The number of rotatable bonds is 6. The first-order chi connectivity index (χ1) is 9.02. The summed E-state index contributed by atoms with van der Waals surface area (Å²) in [7, 11) is 0. The van der Waals surface area contributed by atoms with Gasteiger partial charge in [0, 0.05) is 24.6 Å². The Morgan fingerprint density at radius 1 is 1.47 bits per heavy atom. The van der Waals surface area contributed by atoms with Crippen LogP contribution in [0.5, 0.6) is 0 Å². The fourth-order valence-corrected chi connectivity index (χ4v) is 2.59. The minimum atomic E-state index is -1.01. The number of nitrogens with one attached hydrogen (secondary N) is 1. The molecule has 4 N–H and O–H groups in total. The standard InChI is InChI=1S/C10H17N3O5S/c11-8(14)5-18-3-1-12-10(17)13-2-4-19-6-7(13)9(15)16/h7H,1-6H2,(H2,11,14)(H,12,17)(H,15,16). The maximum atomic E-state index is 11.8. The van der Waals surface area contributed by atoms with Crippen LogP contribution in [0.2, 0.25) is 0 Å². The Bertz CT molecular complexity index is 352. The van der Waals surface area contributed by atoms with Crippen LogP contribution in [0.15, 0.2) is 0 Å². The third-order valence-electron chi connectivity index (χ3n) is 2.44. The molecule has 19 heavy (non-hydrogen) atoms. The first kappa shape index (κ1) is 15.6. The summed E-state index contributed by atoms with van der Waals surface area (Å²) in [5.74, 6) is -0.478. The number of ether oxygens (including phenoxy) is 1. The van der Waals surface area contributed by atoms with Gasteiger partial charge in [0.2, 0.25) is 5.91 Å². The zero-order valence-electron chi connectivity index (χ0n) is 10.3. The van der Waals surface area contributed by atoms with E-state index in [9.17, 15) is 14.4 Å². The Labute approximate surface area is 114 Å². The number of carboxylic acids is 1. The molecule has 8 nitrogen and oxygen atoms in total. The number of aliphatic carboxylic acids is 1. The number of carbonyl (C=O) groups is 3. The van der Waals surface area contributed by atoms with Crippen LogP contribution in [0, 0.1) is 0 Å². The summed E-state index contributed by atoms with van der Waals surface area (Å²) in [5, 5.41) is 11.6. The van der Waals surface area contributed by atoms with Gasteiger partial charge in [0.1, 0.15) is 12.6 Å². The van der Waals surface area contributed by atoms with Gasteiger partial charge in [-0.3, -0.25) is 4.79 Å². The summed E-state index contributed by atoms with van der Waals surface area (Å²) >= 11 is 1.51. The highest BCUT2D eigenvalue weighted by molar-refractivity contribution is 7.99. The van der Waals surface area contributed by atoms with Crippen molar-refractivity contribution in [3.05, 3.63) is 0 Å². The van der Waals surface area contributed by atoms with Gasteiger partial charge in [-0.25, -0.2) is 9.59 Å². The summed E-state index contributed by atoms with van der Waals surface area (Å²) in [6.07, 6.45) is 0. The SMILES string of the molecule is NC(=O)COCCNC(=O)N1CCSCC1C(=O)O. The average Bonchev–Trinajstić information content (AvgIpc) is 2.37. The molecule has 108 valence electrons. The van der Waals surface area contributed by atoms with Gasteiger partial charge in [-0.15, -0.1) is 0 Å². The van der Waals surface area contributed by atoms with Crippen molar-refractivity contribution in [2.24, 2.45) is 5.73 Å². The third kappa shape index (κ3) is 5.35. The van der Waals surface area contributed by atoms with Crippen molar-refractivity contribution in [3.63, 3.8) is 0 Å². The summed E-state index contributed by atoms with van der Waals surface area (Å²) in [4.78, 5) is 34.5. The van der Waals surface area contributed by atoms with Crippen molar-refractivity contribution in [1.29, 1.82) is 0 Å². The van der Waals surface area contributed by atoms with Crippen molar-refractivity contribution >= 4 is 29.7 Å². The number of carboxylic acid groups (broad SMARTS) is 1. The minimum absolute atomic E-state index is 0.148. The first-order valence-electron chi connectivity index (χ1n) is 5.73. The van der Waals surface area contributed by atoms with Crippen molar-refractivity contribution in [2.75, 3.05) is 37.8 Å². The Morgan fingerprint density at radius 3 is 2.84 bits per heavy atom. The number of thioether (sulfide) groups is 1. The van der Waals surface area contributed by atoms with E-state index in [0.29, 0.717) is 12.3 Å². The lowest BCUT2D eigenvalue weighted by atomic mass is 10.3. The molecule has 3 amide bonds.